The third-order valence-electron chi connectivity index (χ3n) is 1.94. The van der Waals surface area contributed by atoms with Gasteiger partial charge in [-0.1, -0.05) is 22.5 Å². The van der Waals surface area contributed by atoms with Crippen molar-refractivity contribution in [3.05, 3.63) is 39.1 Å². The lowest BCUT2D eigenvalue weighted by atomic mass is 10.2. The number of anilines is 1. The SMILES string of the molecule is C=C(Br)CNc1cc(OC)c([N+](=O)[O-])cc1F. The van der Waals surface area contributed by atoms with Gasteiger partial charge in [0, 0.05) is 17.1 Å². The normalized spacial score (nSPS) is 9.82. The summed E-state index contributed by atoms with van der Waals surface area (Å²) in [5, 5.41) is 13.4. The first-order valence-electron chi connectivity index (χ1n) is 4.54. The standard InChI is InChI=1S/C10H10BrFN2O3/c1-6(11)5-13-8-4-10(17-2)9(14(15)16)3-7(8)12/h3-4,13H,1,5H2,2H3. The Hall–Kier alpha value is -1.63. The predicted molar refractivity (Wildman–Crippen MR) is 66.2 cm³/mol. The molecule has 0 aliphatic carbocycles. The second-order valence-electron chi connectivity index (χ2n) is 3.13. The summed E-state index contributed by atoms with van der Waals surface area (Å²) in [6, 6.07) is 2.06. The number of ether oxygens (including phenoxy) is 1. The molecule has 0 radical (unpaired) electrons. The number of methoxy groups -OCH3 is 1. The summed E-state index contributed by atoms with van der Waals surface area (Å²) < 4.78 is 19.0. The van der Waals surface area contributed by atoms with Crippen LogP contribution in [0.25, 0.3) is 0 Å². The summed E-state index contributed by atoms with van der Waals surface area (Å²) in [7, 11) is 1.29. The van der Waals surface area contributed by atoms with Crippen molar-refractivity contribution < 1.29 is 14.1 Å². The van der Waals surface area contributed by atoms with Crippen LogP contribution in [0.5, 0.6) is 5.75 Å². The number of nitro groups is 1. The highest BCUT2D eigenvalue weighted by Crippen LogP contribution is 2.32. The molecule has 0 saturated carbocycles. The highest BCUT2D eigenvalue weighted by molar-refractivity contribution is 9.11. The van der Waals surface area contributed by atoms with Crippen LogP contribution in [0.15, 0.2) is 23.2 Å². The fraction of sp³-hybridized carbons (Fsp3) is 0.200. The Balaban J connectivity index is 3.08. The van der Waals surface area contributed by atoms with Gasteiger partial charge in [-0.25, -0.2) is 4.39 Å². The summed E-state index contributed by atoms with van der Waals surface area (Å²) in [5.41, 5.74) is -0.290. The molecule has 0 spiro atoms. The first-order chi connectivity index (χ1) is 7.95. The molecule has 17 heavy (non-hydrogen) atoms. The minimum atomic E-state index is -0.716. The number of nitrogens with zero attached hydrogens (tertiary/aromatic N) is 1. The van der Waals surface area contributed by atoms with Gasteiger partial charge >= 0.3 is 5.69 Å². The number of nitrogens with one attached hydrogen (secondary N) is 1. The third kappa shape index (κ3) is 3.42. The Bertz CT molecular complexity index is 465. The van der Waals surface area contributed by atoms with Crippen molar-refractivity contribution in [2.75, 3.05) is 19.0 Å². The van der Waals surface area contributed by atoms with Gasteiger partial charge in [0.2, 0.25) is 0 Å². The van der Waals surface area contributed by atoms with E-state index in [1.807, 2.05) is 0 Å². The fourth-order valence-corrected chi connectivity index (χ4v) is 1.32. The van der Waals surface area contributed by atoms with Crippen LogP contribution in [0, 0.1) is 15.9 Å². The van der Waals surface area contributed by atoms with Crippen LogP contribution in [-0.2, 0) is 0 Å². The molecule has 0 aliphatic rings. The minimum absolute atomic E-state index is 0.000848. The van der Waals surface area contributed by atoms with E-state index >= 15 is 0 Å². The molecule has 0 saturated heterocycles. The van der Waals surface area contributed by atoms with Crippen molar-refractivity contribution in [2.45, 2.75) is 0 Å². The molecule has 7 heteroatoms. The molecule has 0 atom stereocenters. The Morgan fingerprint density at radius 3 is 2.82 bits per heavy atom. The van der Waals surface area contributed by atoms with Crippen molar-refractivity contribution in [2.24, 2.45) is 0 Å². The van der Waals surface area contributed by atoms with Gasteiger partial charge in [0.05, 0.1) is 23.8 Å². The van der Waals surface area contributed by atoms with Crippen LogP contribution in [0.1, 0.15) is 0 Å². The van der Waals surface area contributed by atoms with Gasteiger partial charge in [0.25, 0.3) is 0 Å². The summed E-state index contributed by atoms with van der Waals surface area (Å²) in [6.45, 7) is 3.88. The molecule has 0 aliphatic heterocycles. The zero-order valence-corrected chi connectivity index (χ0v) is 10.6. The molecular weight excluding hydrogens is 295 g/mol. The highest BCUT2D eigenvalue weighted by atomic mass is 79.9. The lowest BCUT2D eigenvalue weighted by molar-refractivity contribution is -0.385. The lowest BCUT2D eigenvalue weighted by Crippen LogP contribution is -2.04. The van der Waals surface area contributed by atoms with Gasteiger partial charge in [-0.15, -0.1) is 0 Å². The van der Waals surface area contributed by atoms with E-state index in [9.17, 15) is 14.5 Å². The molecule has 1 aromatic carbocycles. The van der Waals surface area contributed by atoms with E-state index in [4.69, 9.17) is 4.74 Å². The molecular formula is C10H10BrFN2O3. The van der Waals surface area contributed by atoms with E-state index < -0.39 is 16.4 Å². The van der Waals surface area contributed by atoms with Gasteiger partial charge in [-0.3, -0.25) is 10.1 Å². The maximum atomic E-state index is 13.5. The van der Waals surface area contributed by atoms with Gasteiger partial charge in [-0.2, -0.15) is 0 Å². The van der Waals surface area contributed by atoms with Crippen LogP contribution in [-0.4, -0.2) is 18.6 Å². The van der Waals surface area contributed by atoms with Crippen LogP contribution in [0.2, 0.25) is 0 Å². The monoisotopic (exact) mass is 304 g/mol. The Morgan fingerprint density at radius 2 is 2.35 bits per heavy atom. The highest BCUT2D eigenvalue weighted by Gasteiger charge is 2.18. The number of rotatable bonds is 5. The fourth-order valence-electron chi connectivity index (χ4n) is 1.18. The van der Waals surface area contributed by atoms with Crippen molar-refractivity contribution in [3.63, 3.8) is 0 Å². The summed E-state index contributed by atoms with van der Waals surface area (Å²) in [5.74, 6) is -0.717. The molecule has 1 rings (SSSR count). The van der Waals surface area contributed by atoms with Crippen molar-refractivity contribution in [1.82, 2.24) is 0 Å². The van der Waals surface area contributed by atoms with E-state index in [-0.39, 0.29) is 11.4 Å². The van der Waals surface area contributed by atoms with Gasteiger partial charge in [-0.05, 0) is 0 Å². The molecule has 0 unspecified atom stereocenters. The van der Waals surface area contributed by atoms with Crippen molar-refractivity contribution in [1.29, 1.82) is 0 Å². The van der Waals surface area contributed by atoms with Gasteiger partial charge in [0.15, 0.2) is 11.6 Å². The average Bonchev–Trinajstić information content (AvgIpc) is 2.26. The van der Waals surface area contributed by atoms with Crippen LogP contribution < -0.4 is 10.1 Å². The van der Waals surface area contributed by atoms with Crippen molar-refractivity contribution in [3.8, 4) is 5.75 Å². The van der Waals surface area contributed by atoms with Gasteiger partial charge in [0.1, 0.15) is 0 Å². The Morgan fingerprint density at radius 1 is 1.71 bits per heavy atom. The largest absolute Gasteiger partial charge is 0.490 e. The zero-order valence-electron chi connectivity index (χ0n) is 9.00. The predicted octanol–water partition coefficient (Wildman–Crippen LogP) is 3.06. The average molecular weight is 305 g/mol. The van der Waals surface area contributed by atoms with E-state index in [2.05, 4.69) is 27.8 Å². The van der Waals surface area contributed by atoms with Crippen LogP contribution >= 0.6 is 15.9 Å². The minimum Gasteiger partial charge on any atom is -0.490 e. The first kappa shape index (κ1) is 13.4. The number of hydrogen-bond donors (Lipinski definition) is 1. The molecule has 0 fully saturated rings. The molecule has 1 N–H and O–H groups in total. The molecule has 0 heterocycles. The third-order valence-corrected chi connectivity index (χ3v) is 2.22. The molecule has 0 amide bonds. The Labute approximate surface area is 106 Å². The second-order valence-corrected chi connectivity index (χ2v) is 4.25. The zero-order chi connectivity index (χ0) is 13.0. The van der Waals surface area contributed by atoms with Gasteiger partial charge < -0.3 is 10.1 Å². The molecule has 5 nitrogen and oxygen atoms in total. The molecule has 92 valence electrons. The number of halogens is 2. The van der Waals surface area contributed by atoms with Crippen LogP contribution in [0.3, 0.4) is 0 Å². The summed E-state index contributed by atoms with van der Waals surface area (Å²) in [4.78, 5) is 9.93. The molecule has 0 aromatic heterocycles. The van der Waals surface area contributed by atoms with E-state index in [0.717, 1.165) is 6.07 Å². The van der Waals surface area contributed by atoms with E-state index in [0.29, 0.717) is 11.0 Å². The maximum absolute atomic E-state index is 13.5. The lowest BCUT2D eigenvalue weighted by Gasteiger charge is -2.09. The van der Waals surface area contributed by atoms with Crippen molar-refractivity contribution >= 4 is 27.3 Å². The first-order valence-corrected chi connectivity index (χ1v) is 5.34. The maximum Gasteiger partial charge on any atom is 0.313 e. The van der Waals surface area contributed by atoms with Crippen LogP contribution in [0.4, 0.5) is 15.8 Å². The molecule has 0 bridgehead atoms. The summed E-state index contributed by atoms with van der Waals surface area (Å²) >= 11 is 3.11. The Kier molecular flexibility index (Phi) is 4.45. The van der Waals surface area contributed by atoms with E-state index in [1.54, 1.807) is 0 Å². The topological polar surface area (TPSA) is 64.4 Å². The van der Waals surface area contributed by atoms with E-state index in [1.165, 1.54) is 13.2 Å². The number of hydrogen-bond acceptors (Lipinski definition) is 4. The summed E-state index contributed by atoms with van der Waals surface area (Å²) in [6.07, 6.45) is 0. The number of benzene rings is 1. The number of nitro benzene ring substituents is 1. The molecule has 1 aromatic rings. The quantitative estimate of drug-likeness (QED) is 0.671. The smallest absolute Gasteiger partial charge is 0.313 e. The second kappa shape index (κ2) is 5.62.